The molecule has 3 aromatic rings. The predicted octanol–water partition coefficient (Wildman–Crippen LogP) is 4.08. The smallest absolute Gasteiger partial charge is 0.285 e. The van der Waals surface area contributed by atoms with Crippen molar-refractivity contribution in [2.75, 3.05) is 18.4 Å². The highest BCUT2D eigenvalue weighted by Crippen LogP contribution is 2.31. The summed E-state index contributed by atoms with van der Waals surface area (Å²) in [6.07, 6.45) is 2.23. The van der Waals surface area contributed by atoms with Gasteiger partial charge >= 0.3 is 0 Å². The standard InChI is InChI=1S/C22H20FN5O2/c1-14-4-3-5-17(20(14)23)27-21-16-11-19(28(29)30)15(10-18(16)25-13-26-21)6-7-22(2)8-9-24-12-22/h3-5,10-11,13,24H,8-9,12H2,1-2H3,(H,25,26,27). The Kier molecular flexibility index (Phi) is 5.06. The number of halogens is 1. The maximum atomic E-state index is 14.4. The Hall–Kier alpha value is -3.57. The van der Waals surface area contributed by atoms with Crippen LogP contribution in [0.15, 0.2) is 36.7 Å². The van der Waals surface area contributed by atoms with Crippen molar-refractivity contribution >= 4 is 28.1 Å². The Bertz CT molecular complexity index is 1210. The number of hydrogen-bond donors (Lipinski definition) is 2. The molecule has 2 N–H and O–H groups in total. The van der Waals surface area contributed by atoms with E-state index in [4.69, 9.17) is 0 Å². The van der Waals surface area contributed by atoms with Crippen LogP contribution in [-0.4, -0.2) is 28.0 Å². The van der Waals surface area contributed by atoms with E-state index in [2.05, 4.69) is 32.4 Å². The van der Waals surface area contributed by atoms with Crippen LogP contribution in [0.25, 0.3) is 10.9 Å². The van der Waals surface area contributed by atoms with Crippen molar-refractivity contribution in [2.24, 2.45) is 5.41 Å². The second kappa shape index (κ2) is 7.69. The molecule has 1 aliphatic rings. The molecule has 0 spiro atoms. The number of anilines is 2. The SMILES string of the molecule is Cc1cccc(Nc2ncnc3cc(C#CC4(C)CCNC4)c([N+](=O)[O-])cc23)c1F. The molecule has 0 amide bonds. The maximum Gasteiger partial charge on any atom is 0.285 e. The first-order chi connectivity index (χ1) is 14.4. The monoisotopic (exact) mass is 405 g/mol. The molecular formula is C22H20FN5O2. The number of nitrogens with one attached hydrogen (secondary N) is 2. The van der Waals surface area contributed by atoms with Crippen LogP contribution in [0.4, 0.5) is 21.6 Å². The summed E-state index contributed by atoms with van der Waals surface area (Å²) in [6, 6.07) is 7.95. The first kappa shape index (κ1) is 19.7. The van der Waals surface area contributed by atoms with Crippen LogP contribution >= 0.6 is 0 Å². The summed E-state index contributed by atoms with van der Waals surface area (Å²) in [4.78, 5) is 19.6. The molecule has 0 saturated carbocycles. The number of hydrogen-bond acceptors (Lipinski definition) is 6. The quantitative estimate of drug-likeness (QED) is 0.387. The van der Waals surface area contributed by atoms with Gasteiger partial charge < -0.3 is 10.6 Å². The average molecular weight is 405 g/mol. The van der Waals surface area contributed by atoms with Gasteiger partial charge in [0.2, 0.25) is 0 Å². The molecule has 1 saturated heterocycles. The number of benzene rings is 2. The highest BCUT2D eigenvalue weighted by atomic mass is 19.1. The molecule has 7 nitrogen and oxygen atoms in total. The van der Waals surface area contributed by atoms with E-state index < -0.39 is 10.7 Å². The molecule has 0 bridgehead atoms. The molecule has 4 rings (SSSR count). The predicted molar refractivity (Wildman–Crippen MR) is 113 cm³/mol. The maximum absolute atomic E-state index is 14.4. The lowest BCUT2D eigenvalue weighted by Crippen LogP contribution is -2.17. The van der Waals surface area contributed by atoms with Crippen molar-refractivity contribution in [3.8, 4) is 11.8 Å². The Balaban J connectivity index is 1.80. The van der Waals surface area contributed by atoms with Crippen molar-refractivity contribution < 1.29 is 9.31 Å². The third kappa shape index (κ3) is 3.80. The molecule has 8 heteroatoms. The van der Waals surface area contributed by atoms with Gasteiger partial charge in [0, 0.05) is 23.4 Å². The van der Waals surface area contributed by atoms with E-state index >= 15 is 0 Å². The number of aromatic nitrogens is 2. The fraction of sp³-hybridized carbons (Fsp3) is 0.273. The molecule has 1 aliphatic heterocycles. The summed E-state index contributed by atoms with van der Waals surface area (Å²) < 4.78 is 14.4. The molecule has 0 radical (unpaired) electrons. The van der Waals surface area contributed by atoms with Crippen molar-refractivity contribution in [2.45, 2.75) is 20.3 Å². The lowest BCUT2D eigenvalue weighted by Gasteiger charge is -2.13. The van der Waals surface area contributed by atoms with Gasteiger partial charge in [0.15, 0.2) is 0 Å². The number of aryl methyl sites for hydroxylation is 1. The van der Waals surface area contributed by atoms with Crippen molar-refractivity contribution in [3.63, 3.8) is 0 Å². The zero-order valence-corrected chi connectivity index (χ0v) is 16.6. The zero-order valence-electron chi connectivity index (χ0n) is 16.6. The Morgan fingerprint density at radius 2 is 2.17 bits per heavy atom. The Morgan fingerprint density at radius 3 is 2.90 bits per heavy atom. The highest BCUT2D eigenvalue weighted by Gasteiger charge is 2.26. The third-order valence-electron chi connectivity index (χ3n) is 5.26. The average Bonchev–Trinajstić information content (AvgIpc) is 3.16. The topological polar surface area (TPSA) is 93.0 Å². The normalized spacial score (nSPS) is 18.1. The van der Waals surface area contributed by atoms with Crippen LogP contribution in [0.1, 0.15) is 24.5 Å². The van der Waals surface area contributed by atoms with Crippen LogP contribution in [0.2, 0.25) is 0 Å². The summed E-state index contributed by atoms with van der Waals surface area (Å²) in [5.41, 5.74) is 1.16. The largest absolute Gasteiger partial charge is 0.337 e. The van der Waals surface area contributed by atoms with Crippen LogP contribution < -0.4 is 10.6 Å². The van der Waals surface area contributed by atoms with E-state index in [-0.39, 0.29) is 16.8 Å². The lowest BCUT2D eigenvalue weighted by atomic mass is 9.90. The fourth-order valence-corrected chi connectivity index (χ4v) is 3.46. The van der Waals surface area contributed by atoms with Gasteiger partial charge in [-0.25, -0.2) is 14.4 Å². The third-order valence-corrected chi connectivity index (χ3v) is 5.26. The van der Waals surface area contributed by atoms with E-state index in [0.29, 0.717) is 27.8 Å². The molecule has 2 heterocycles. The van der Waals surface area contributed by atoms with E-state index in [1.165, 1.54) is 12.4 Å². The van der Waals surface area contributed by atoms with Gasteiger partial charge in [-0.3, -0.25) is 10.1 Å². The number of nitrogens with zero attached hydrogens (tertiary/aromatic N) is 3. The molecule has 2 aromatic carbocycles. The molecular weight excluding hydrogens is 385 g/mol. The summed E-state index contributed by atoms with van der Waals surface area (Å²) in [5, 5.41) is 18.3. The van der Waals surface area contributed by atoms with Gasteiger partial charge in [-0.15, -0.1) is 0 Å². The van der Waals surface area contributed by atoms with Crippen LogP contribution in [0.3, 0.4) is 0 Å². The second-order valence-electron chi connectivity index (χ2n) is 7.66. The van der Waals surface area contributed by atoms with E-state index in [0.717, 1.165) is 19.5 Å². The minimum atomic E-state index is -0.470. The minimum Gasteiger partial charge on any atom is -0.337 e. The highest BCUT2D eigenvalue weighted by molar-refractivity contribution is 5.93. The Morgan fingerprint density at radius 1 is 1.33 bits per heavy atom. The summed E-state index contributed by atoms with van der Waals surface area (Å²) in [7, 11) is 0. The van der Waals surface area contributed by atoms with Gasteiger partial charge in [-0.05, 0) is 44.5 Å². The molecule has 0 aliphatic carbocycles. The molecule has 1 aromatic heterocycles. The molecule has 1 fully saturated rings. The van der Waals surface area contributed by atoms with Crippen molar-refractivity contribution in [3.05, 3.63) is 63.7 Å². The van der Waals surface area contributed by atoms with Crippen LogP contribution in [-0.2, 0) is 0 Å². The summed E-state index contributed by atoms with van der Waals surface area (Å²) >= 11 is 0. The fourth-order valence-electron chi connectivity index (χ4n) is 3.46. The van der Waals surface area contributed by atoms with E-state index in [9.17, 15) is 14.5 Å². The summed E-state index contributed by atoms with van der Waals surface area (Å²) in [5.74, 6) is 6.05. The minimum absolute atomic E-state index is 0.132. The number of nitro benzene ring substituents is 1. The van der Waals surface area contributed by atoms with E-state index in [1.54, 1.807) is 31.2 Å². The summed E-state index contributed by atoms with van der Waals surface area (Å²) in [6.45, 7) is 5.32. The van der Waals surface area contributed by atoms with Gasteiger partial charge in [-0.2, -0.15) is 0 Å². The van der Waals surface area contributed by atoms with Crippen LogP contribution in [0, 0.1) is 40.1 Å². The van der Waals surface area contributed by atoms with Gasteiger partial charge in [0.25, 0.3) is 5.69 Å². The first-order valence-electron chi connectivity index (χ1n) is 9.55. The van der Waals surface area contributed by atoms with Gasteiger partial charge in [0.1, 0.15) is 23.5 Å². The van der Waals surface area contributed by atoms with Crippen molar-refractivity contribution in [1.29, 1.82) is 0 Å². The van der Waals surface area contributed by atoms with Gasteiger partial charge in [0.05, 0.1) is 16.1 Å². The molecule has 152 valence electrons. The molecule has 1 unspecified atom stereocenters. The van der Waals surface area contributed by atoms with Crippen molar-refractivity contribution in [1.82, 2.24) is 15.3 Å². The second-order valence-corrected chi connectivity index (χ2v) is 7.66. The molecule has 30 heavy (non-hydrogen) atoms. The number of rotatable bonds is 3. The Labute approximate surface area is 172 Å². The first-order valence-corrected chi connectivity index (χ1v) is 9.55. The molecule has 1 atom stereocenters. The zero-order chi connectivity index (χ0) is 21.3. The number of nitro groups is 1. The number of fused-ring (bicyclic) bond motifs is 1. The van der Waals surface area contributed by atoms with Gasteiger partial charge in [-0.1, -0.05) is 24.0 Å². The van der Waals surface area contributed by atoms with Crippen LogP contribution in [0.5, 0.6) is 0 Å². The van der Waals surface area contributed by atoms with E-state index in [1.807, 2.05) is 6.92 Å². The lowest BCUT2D eigenvalue weighted by molar-refractivity contribution is -0.385.